The molecule has 3 amide bonds. The Labute approximate surface area is 185 Å². The molecular formula is C24H20N2O5S. The van der Waals surface area contributed by atoms with Gasteiger partial charge in [0.15, 0.2) is 9.84 Å². The molecule has 0 spiro atoms. The van der Waals surface area contributed by atoms with Crippen molar-refractivity contribution in [3.8, 4) is 0 Å². The van der Waals surface area contributed by atoms with Crippen molar-refractivity contribution in [2.24, 2.45) is 0 Å². The van der Waals surface area contributed by atoms with Crippen molar-refractivity contribution >= 4 is 38.9 Å². The van der Waals surface area contributed by atoms with Gasteiger partial charge in [-0.15, -0.1) is 0 Å². The Balaban J connectivity index is 1.61. The molecule has 4 rings (SSSR count). The summed E-state index contributed by atoms with van der Waals surface area (Å²) >= 11 is 0. The number of nitrogens with zero attached hydrogens (tertiary/aromatic N) is 1. The minimum absolute atomic E-state index is 0.142. The van der Waals surface area contributed by atoms with Gasteiger partial charge in [-0.05, 0) is 73.5 Å². The van der Waals surface area contributed by atoms with Crippen LogP contribution in [0.2, 0.25) is 0 Å². The lowest BCUT2D eigenvalue weighted by molar-refractivity contribution is 0.0925. The van der Waals surface area contributed by atoms with Crippen LogP contribution in [0.3, 0.4) is 0 Å². The highest BCUT2D eigenvalue weighted by molar-refractivity contribution is 7.90. The van der Waals surface area contributed by atoms with Gasteiger partial charge in [0.05, 0.1) is 21.7 Å². The van der Waals surface area contributed by atoms with E-state index in [-0.39, 0.29) is 21.6 Å². The van der Waals surface area contributed by atoms with Gasteiger partial charge in [0.25, 0.3) is 17.7 Å². The van der Waals surface area contributed by atoms with Gasteiger partial charge >= 0.3 is 0 Å². The molecule has 0 atom stereocenters. The molecule has 1 aliphatic rings. The van der Waals surface area contributed by atoms with Gasteiger partial charge in [-0.3, -0.25) is 14.4 Å². The highest BCUT2D eigenvalue weighted by Crippen LogP contribution is 2.32. The van der Waals surface area contributed by atoms with Gasteiger partial charge in [-0.1, -0.05) is 12.1 Å². The van der Waals surface area contributed by atoms with Crippen LogP contribution in [0.15, 0.2) is 65.6 Å². The van der Waals surface area contributed by atoms with Gasteiger partial charge in [0, 0.05) is 17.5 Å². The highest BCUT2D eigenvalue weighted by atomic mass is 32.2. The van der Waals surface area contributed by atoms with Crippen molar-refractivity contribution in [3.63, 3.8) is 0 Å². The maximum absolute atomic E-state index is 13.1. The van der Waals surface area contributed by atoms with Crippen LogP contribution in [-0.2, 0) is 9.84 Å². The fourth-order valence-electron chi connectivity index (χ4n) is 3.55. The van der Waals surface area contributed by atoms with Crippen LogP contribution < -0.4 is 10.2 Å². The fourth-order valence-corrected chi connectivity index (χ4v) is 4.18. The Morgan fingerprint density at radius 2 is 1.50 bits per heavy atom. The number of sulfone groups is 1. The summed E-state index contributed by atoms with van der Waals surface area (Å²) in [5.41, 5.74) is 3.25. The predicted molar refractivity (Wildman–Crippen MR) is 121 cm³/mol. The summed E-state index contributed by atoms with van der Waals surface area (Å²) in [6, 6.07) is 15.7. The number of aryl methyl sites for hydroxylation is 2. The summed E-state index contributed by atoms with van der Waals surface area (Å²) < 4.78 is 23.1. The van der Waals surface area contributed by atoms with Gasteiger partial charge in [0.1, 0.15) is 0 Å². The lowest BCUT2D eigenvalue weighted by atomic mass is 10.1. The Morgan fingerprint density at radius 3 is 2.16 bits per heavy atom. The van der Waals surface area contributed by atoms with Crippen molar-refractivity contribution in [1.29, 1.82) is 0 Å². The quantitative estimate of drug-likeness (QED) is 0.613. The molecule has 7 nitrogen and oxygen atoms in total. The third-order valence-electron chi connectivity index (χ3n) is 5.29. The van der Waals surface area contributed by atoms with E-state index in [0.717, 1.165) is 22.3 Å². The molecule has 162 valence electrons. The Morgan fingerprint density at radius 1 is 0.844 bits per heavy atom. The second-order valence-electron chi connectivity index (χ2n) is 7.75. The van der Waals surface area contributed by atoms with Gasteiger partial charge in [0.2, 0.25) is 0 Å². The van der Waals surface area contributed by atoms with E-state index in [1.807, 2.05) is 26.0 Å². The lowest BCUT2D eigenvalue weighted by Crippen LogP contribution is -2.30. The number of anilines is 2. The molecule has 1 heterocycles. The topological polar surface area (TPSA) is 101 Å². The van der Waals surface area contributed by atoms with Gasteiger partial charge < -0.3 is 5.32 Å². The molecule has 0 aromatic heterocycles. The van der Waals surface area contributed by atoms with Gasteiger partial charge in [-0.2, -0.15) is 0 Å². The average molecular weight is 449 g/mol. The average Bonchev–Trinajstić information content (AvgIpc) is 2.99. The van der Waals surface area contributed by atoms with Gasteiger partial charge in [-0.25, -0.2) is 13.3 Å². The number of carbonyl (C=O) groups excluding carboxylic acids is 3. The zero-order chi connectivity index (χ0) is 23.2. The second kappa shape index (κ2) is 7.72. The summed E-state index contributed by atoms with van der Waals surface area (Å²) in [5, 5.41) is 2.67. The number of hydrogen-bond donors (Lipinski definition) is 1. The van der Waals surface area contributed by atoms with Crippen molar-refractivity contribution in [2.45, 2.75) is 18.7 Å². The molecule has 3 aromatic carbocycles. The third-order valence-corrected chi connectivity index (χ3v) is 6.42. The molecule has 32 heavy (non-hydrogen) atoms. The first-order valence-corrected chi connectivity index (χ1v) is 11.7. The highest BCUT2D eigenvalue weighted by Gasteiger charge is 2.37. The summed E-state index contributed by atoms with van der Waals surface area (Å²) in [5.74, 6) is -1.39. The van der Waals surface area contributed by atoms with Crippen molar-refractivity contribution in [2.75, 3.05) is 16.5 Å². The van der Waals surface area contributed by atoms with Crippen LogP contribution in [0.4, 0.5) is 11.4 Å². The molecule has 3 aromatic rings. The number of nitrogens with one attached hydrogen (secondary N) is 1. The predicted octanol–water partition coefficient (Wildman–Crippen LogP) is 3.76. The monoisotopic (exact) mass is 448 g/mol. The Kier molecular flexibility index (Phi) is 5.18. The van der Waals surface area contributed by atoms with E-state index in [4.69, 9.17) is 0 Å². The number of rotatable bonds is 4. The van der Waals surface area contributed by atoms with E-state index in [0.29, 0.717) is 11.4 Å². The van der Waals surface area contributed by atoms with Crippen molar-refractivity contribution in [3.05, 3.63) is 88.5 Å². The number of hydrogen-bond acceptors (Lipinski definition) is 5. The molecule has 0 aliphatic carbocycles. The minimum Gasteiger partial charge on any atom is -0.322 e. The van der Waals surface area contributed by atoms with E-state index in [9.17, 15) is 22.8 Å². The first-order valence-electron chi connectivity index (χ1n) is 9.78. The molecule has 8 heteroatoms. The summed E-state index contributed by atoms with van der Waals surface area (Å²) in [6.45, 7) is 3.71. The standard InChI is InChI=1S/C24H20N2O5S/c1-14-4-5-15(2)21(12-14)26-23(28)19-11-6-16(13-20(19)24(26)29)22(27)25-17-7-9-18(10-8-17)32(3,30)31/h4-13H,1-3H3,(H,25,27). The molecule has 1 N–H and O–H groups in total. The number of imide groups is 1. The van der Waals surface area contributed by atoms with Crippen LogP contribution in [-0.4, -0.2) is 32.4 Å². The molecule has 0 radical (unpaired) electrons. The summed E-state index contributed by atoms with van der Waals surface area (Å²) in [4.78, 5) is 39.9. The first-order chi connectivity index (χ1) is 15.1. The minimum atomic E-state index is -3.34. The third kappa shape index (κ3) is 3.80. The first kappa shape index (κ1) is 21.5. The molecule has 0 saturated carbocycles. The molecular weight excluding hydrogens is 428 g/mol. The van der Waals surface area contributed by atoms with Crippen LogP contribution in [0.25, 0.3) is 0 Å². The number of fused-ring (bicyclic) bond motifs is 1. The number of benzene rings is 3. The summed E-state index contributed by atoms with van der Waals surface area (Å²) in [6.07, 6.45) is 1.10. The number of amides is 3. The van der Waals surface area contributed by atoms with Crippen LogP contribution in [0.1, 0.15) is 42.2 Å². The van der Waals surface area contributed by atoms with Crippen LogP contribution in [0, 0.1) is 13.8 Å². The zero-order valence-electron chi connectivity index (χ0n) is 17.7. The molecule has 0 unspecified atom stereocenters. The van der Waals surface area contributed by atoms with E-state index in [1.54, 1.807) is 6.07 Å². The molecule has 0 fully saturated rings. The fraction of sp³-hybridized carbons (Fsp3) is 0.125. The van der Waals surface area contributed by atoms with E-state index >= 15 is 0 Å². The molecule has 0 saturated heterocycles. The van der Waals surface area contributed by atoms with E-state index < -0.39 is 27.6 Å². The smallest absolute Gasteiger partial charge is 0.266 e. The van der Waals surface area contributed by atoms with Crippen molar-refractivity contribution in [1.82, 2.24) is 0 Å². The number of carbonyl (C=O) groups is 3. The maximum atomic E-state index is 13.1. The van der Waals surface area contributed by atoms with E-state index in [1.165, 1.54) is 42.5 Å². The summed E-state index contributed by atoms with van der Waals surface area (Å²) in [7, 11) is -3.34. The molecule has 0 bridgehead atoms. The largest absolute Gasteiger partial charge is 0.322 e. The second-order valence-corrected chi connectivity index (χ2v) is 9.76. The van der Waals surface area contributed by atoms with Crippen molar-refractivity contribution < 1.29 is 22.8 Å². The maximum Gasteiger partial charge on any atom is 0.266 e. The van der Waals surface area contributed by atoms with Crippen LogP contribution in [0.5, 0.6) is 0 Å². The van der Waals surface area contributed by atoms with E-state index in [2.05, 4.69) is 5.32 Å². The lowest BCUT2D eigenvalue weighted by Gasteiger charge is -2.17. The SMILES string of the molecule is Cc1ccc(C)c(N2C(=O)c3ccc(C(=O)Nc4ccc(S(C)(=O)=O)cc4)cc3C2=O)c1. The van der Waals surface area contributed by atoms with Crippen LogP contribution >= 0.6 is 0 Å². The Hall–Kier alpha value is -3.78. The normalized spacial score (nSPS) is 13.3. The molecule has 1 aliphatic heterocycles. The zero-order valence-corrected chi connectivity index (χ0v) is 18.5. The Bertz CT molecular complexity index is 1390.